The molecule has 4 heteroatoms. The van der Waals surface area contributed by atoms with Crippen LogP contribution in [0.15, 0.2) is 47.3 Å². The van der Waals surface area contributed by atoms with Crippen molar-refractivity contribution in [3.63, 3.8) is 0 Å². The fourth-order valence-corrected chi connectivity index (χ4v) is 2.17. The molecule has 0 unspecified atom stereocenters. The zero-order valence-electron chi connectivity index (χ0n) is 10.6. The molecule has 2 aromatic heterocycles. The van der Waals surface area contributed by atoms with Crippen molar-refractivity contribution in [2.45, 2.75) is 6.54 Å². The van der Waals surface area contributed by atoms with Crippen molar-refractivity contribution in [1.82, 2.24) is 10.3 Å². The van der Waals surface area contributed by atoms with E-state index >= 15 is 0 Å². The Hall–Kier alpha value is -2.33. The first kappa shape index (κ1) is 11.7. The number of pyridine rings is 1. The van der Waals surface area contributed by atoms with Crippen molar-refractivity contribution in [1.29, 1.82) is 0 Å². The smallest absolute Gasteiger partial charge is 0.149 e. The molecule has 3 rings (SSSR count). The lowest BCUT2D eigenvalue weighted by molar-refractivity contribution is 0.467. The van der Waals surface area contributed by atoms with Crippen molar-refractivity contribution in [3.05, 3.63) is 48.6 Å². The molecule has 0 aliphatic rings. The second-order valence-electron chi connectivity index (χ2n) is 4.35. The number of nitrogens with one attached hydrogen (secondary N) is 1. The van der Waals surface area contributed by atoms with E-state index in [1.807, 2.05) is 37.4 Å². The molecule has 96 valence electrons. The van der Waals surface area contributed by atoms with Gasteiger partial charge >= 0.3 is 0 Å². The third-order valence-electron chi connectivity index (χ3n) is 3.08. The van der Waals surface area contributed by atoms with Crippen LogP contribution in [0.5, 0.6) is 5.75 Å². The van der Waals surface area contributed by atoms with Gasteiger partial charge in [0.25, 0.3) is 0 Å². The number of fused-ring (bicyclic) bond motifs is 1. The first-order valence-corrected chi connectivity index (χ1v) is 6.09. The lowest BCUT2D eigenvalue weighted by Gasteiger charge is -2.09. The maximum absolute atomic E-state index is 10.2. The Balaban J connectivity index is 2.29. The Labute approximate surface area is 110 Å². The fourth-order valence-electron chi connectivity index (χ4n) is 2.17. The molecule has 2 heterocycles. The van der Waals surface area contributed by atoms with Crippen LogP contribution >= 0.6 is 0 Å². The van der Waals surface area contributed by atoms with Crippen molar-refractivity contribution >= 4 is 10.8 Å². The second-order valence-corrected chi connectivity index (χ2v) is 4.35. The Morgan fingerprint density at radius 2 is 1.89 bits per heavy atom. The standard InChI is InChI=1S/C15H14N2O2/c1-16-7-13-15(18)12-9-19-8-11(12)14(17-13)10-5-3-2-4-6-10/h2-6,8-9,16,18H,7H2,1H3. The molecule has 0 saturated heterocycles. The van der Waals surface area contributed by atoms with Crippen LogP contribution in [0.1, 0.15) is 5.69 Å². The summed E-state index contributed by atoms with van der Waals surface area (Å²) in [6, 6.07) is 9.88. The average molecular weight is 254 g/mol. The van der Waals surface area contributed by atoms with Crippen molar-refractivity contribution < 1.29 is 9.52 Å². The molecule has 19 heavy (non-hydrogen) atoms. The number of hydrogen-bond acceptors (Lipinski definition) is 4. The lowest BCUT2D eigenvalue weighted by Crippen LogP contribution is -2.07. The monoisotopic (exact) mass is 254 g/mol. The van der Waals surface area contributed by atoms with Crippen LogP contribution in [0.25, 0.3) is 22.0 Å². The summed E-state index contributed by atoms with van der Waals surface area (Å²) in [6.45, 7) is 0.507. The minimum Gasteiger partial charge on any atom is -0.505 e. The fraction of sp³-hybridized carbons (Fsp3) is 0.133. The minimum absolute atomic E-state index is 0.179. The molecule has 0 aliphatic carbocycles. The van der Waals surface area contributed by atoms with Gasteiger partial charge in [0.05, 0.1) is 22.2 Å². The quantitative estimate of drug-likeness (QED) is 0.754. The van der Waals surface area contributed by atoms with Gasteiger partial charge in [0.15, 0.2) is 0 Å². The van der Waals surface area contributed by atoms with Crippen LogP contribution in [0, 0.1) is 0 Å². The van der Waals surface area contributed by atoms with Crippen LogP contribution in [-0.2, 0) is 6.54 Å². The third-order valence-corrected chi connectivity index (χ3v) is 3.08. The zero-order chi connectivity index (χ0) is 13.2. The number of aromatic hydroxyl groups is 1. The van der Waals surface area contributed by atoms with Crippen LogP contribution in [0.2, 0.25) is 0 Å². The predicted octanol–water partition coefficient (Wildman–Crippen LogP) is 2.92. The van der Waals surface area contributed by atoms with E-state index in [4.69, 9.17) is 4.42 Å². The Morgan fingerprint density at radius 3 is 2.63 bits per heavy atom. The summed E-state index contributed by atoms with van der Waals surface area (Å²) in [5.41, 5.74) is 2.45. The number of hydrogen-bond donors (Lipinski definition) is 2. The van der Waals surface area contributed by atoms with E-state index in [1.54, 1.807) is 12.5 Å². The van der Waals surface area contributed by atoms with Crippen molar-refractivity contribution in [2.75, 3.05) is 7.05 Å². The molecule has 0 spiro atoms. The minimum atomic E-state index is 0.179. The summed E-state index contributed by atoms with van der Waals surface area (Å²) < 4.78 is 5.22. The molecular weight excluding hydrogens is 240 g/mol. The largest absolute Gasteiger partial charge is 0.505 e. The van der Waals surface area contributed by atoms with E-state index in [0.29, 0.717) is 17.6 Å². The van der Waals surface area contributed by atoms with E-state index in [1.165, 1.54) is 0 Å². The highest BCUT2D eigenvalue weighted by molar-refractivity contribution is 5.97. The van der Waals surface area contributed by atoms with E-state index in [-0.39, 0.29) is 5.75 Å². The van der Waals surface area contributed by atoms with E-state index in [0.717, 1.165) is 16.6 Å². The van der Waals surface area contributed by atoms with Crippen LogP contribution in [-0.4, -0.2) is 17.1 Å². The number of nitrogens with zero attached hydrogens (tertiary/aromatic N) is 1. The van der Waals surface area contributed by atoms with E-state index in [2.05, 4.69) is 10.3 Å². The molecule has 0 saturated carbocycles. The van der Waals surface area contributed by atoms with Gasteiger partial charge in [-0.1, -0.05) is 30.3 Å². The molecule has 0 fully saturated rings. The predicted molar refractivity (Wildman–Crippen MR) is 73.9 cm³/mol. The summed E-state index contributed by atoms with van der Waals surface area (Å²) >= 11 is 0. The molecule has 0 atom stereocenters. The maximum atomic E-state index is 10.2. The van der Waals surface area contributed by atoms with Crippen LogP contribution in [0.4, 0.5) is 0 Å². The third kappa shape index (κ3) is 1.96. The molecule has 4 nitrogen and oxygen atoms in total. The number of rotatable bonds is 3. The SMILES string of the molecule is CNCc1nc(-c2ccccc2)c2cocc2c1O. The van der Waals surface area contributed by atoms with Crippen LogP contribution < -0.4 is 5.32 Å². The molecule has 0 aliphatic heterocycles. The second kappa shape index (κ2) is 4.74. The van der Waals surface area contributed by atoms with Gasteiger partial charge in [-0.25, -0.2) is 4.98 Å². The van der Waals surface area contributed by atoms with Crippen molar-refractivity contribution in [2.24, 2.45) is 0 Å². The van der Waals surface area contributed by atoms with Gasteiger partial charge in [-0.15, -0.1) is 0 Å². The van der Waals surface area contributed by atoms with Gasteiger partial charge in [-0.3, -0.25) is 0 Å². The van der Waals surface area contributed by atoms with Gasteiger partial charge in [0.1, 0.15) is 18.3 Å². The number of furan rings is 1. The van der Waals surface area contributed by atoms with Gasteiger partial charge in [-0.05, 0) is 7.05 Å². The molecule has 0 bridgehead atoms. The molecule has 3 aromatic rings. The van der Waals surface area contributed by atoms with Gasteiger partial charge in [0.2, 0.25) is 0 Å². The van der Waals surface area contributed by atoms with Gasteiger partial charge in [0, 0.05) is 12.1 Å². The normalized spacial score (nSPS) is 11.0. The highest BCUT2D eigenvalue weighted by Gasteiger charge is 2.15. The molecule has 0 radical (unpaired) electrons. The van der Waals surface area contributed by atoms with E-state index < -0.39 is 0 Å². The summed E-state index contributed by atoms with van der Waals surface area (Å²) in [7, 11) is 1.82. The highest BCUT2D eigenvalue weighted by atomic mass is 16.3. The van der Waals surface area contributed by atoms with Crippen molar-refractivity contribution in [3.8, 4) is 17.0 Å². The first-order valence-electron chi connectivity index (χ1n) is 6.09. The maximum Gasteiger partial charge on any atom is 0.149 e. The summed E-state index contributed by atoms with van der Waals surface area (Å²) in [6.07, 6.45) is 3.17. The van der Waals surface area contributed by atoms with Crippen LogP contribution in [0.3, 0.4) is 0 Å². The first-order chi connectivity index (χ1) is 9.31. The zero-order valence-corrected chi connectivity index (χ0v) is 10.6. The average Bonchev–Trinajstić information content (AvgIpc) is 2.93. The molecule has 0 amide bonds. The summed E-state index contributed by atoms with van der Waals surface area (Å²) in [4.78, 5) is 4.56. The van der Waals surface area contributed by atoms with Gasteiger partial charge in [-0.2, -0.15) is 0 Å². The van der Waals surface area contributed by atoms with Gasteiger partial charge < -0.3 is 14.8 Å². The number of benzene rings is 1. The summed E-state index contributed by atoms with van der Waals surface area (Å²) in [5, 5.41) is 14.7. The molecule has 1 aromatic carbocycles. The summed E-state index contributed by atoms with van der Waals surface area (Å²) in [5.74, 6) is 0.179. The molecular formula is C15H14N2O2. The molecule has 2 N–H and O–H groups in total. The highest BCUT2D eigenvalue weighted by Crippen LogP contribution is 2.35. The lowest BCUT2D eigenvalue weighted by atomic mass is 10.1. The Morgan fingerprint density at radius 1 is 1.16 bits per heavy atom. The number of aromatic nitrogens is 1. The topological polar surface area (TPSA) is 58.3 Å². The Bertz CT molecular complexity index is 705. The van der Waals surface area contributed by atoms with E-state index in [9.17, 15) is 5.11 Å². The Kier molecular flexibility index (Phi) is 2.93.